The molecule has 0 spiro atoms. The molecule has 0 radical (unpaired) electrons. The molecule has 1 rings (SSSR count). The van der Waals surface area contributed by atoms with Crippen LogP contribution in [0.4, 0.5) is 9.18 Å². The fourth-order valence-corrected chi connectivity index (χ4v) is 1.27. The van der Waals surface area contributed by atoms with Crippen molar-refractivity contribution in [2.75, 3.05) is 13.2 Å². The van der Waals surface area contributed by atoms with Crippen molar-refractivity contribution in [2.45, 2.75) is 18.6 Å². The zero-order valence-corrected chi connectivity index (χ0v) is 5.90. The number of nitrogens with zero attached hydrogens (tertiary/aromatic N) is 1. The number of hydrogen-bond acceptors (Lipinski definition) is 2. The third-order valence-corrected chi connectivity index (χ3v) is 1.90. The molecule has 1 fully saturated rings. The predicted molar refractivity (Wildman–Crippen MR) is 35.1 cm³/mol. The van der Waals surface area contributed by atoms with Crippen LogP contribution in [0, 0.1) is 0 Å². The molecule has 0 aromatic heterocycles. The second kappa shape index (κ2) is 3.04. The maximum absolute atomic E-state index is 12.7. The first-order valence-corrected chi connectivity index (χ1v) is 3.41. The van der Waals surface area contributed by atoms with Crippen LogP contribution in [-0.4, -0.2) is 46.6 Å². The predicted octanol–water partition coefficient (Wildman–Crippen LogP) is 0.0691. The van der Waals surface area contributed by atoms with E-state index < -0.39 is 24.9 Å². The van der Waals surface area contributed by atoms with Crippen LogP contribution in [0.5, 0.6) is 0 Å². The first-order chi connectivity index (χ1) is 5.16. The van der Waals surface area contributed by atoms with Gasteiger partial charge in [0.1, 0.15) is 6.17 Å². The van der Waals surface area contributed by atoms with Gasteiger partial charge >= 0.3 is 6.09 Å². The lowest BCUT2D eigenvalue weighted by atomic mass is 10.2. The lowest BCUT2D eigenvalue weighted by molar-refractivity contribution is 0.0980. The second-order valence-electron chi connectivity index (χ2n) is 2.53. The van der Waals surface area contributed by atoms with Crippen molar-refractivity contribution in [3.05, 3.63) is 0 Å². The van der Waals surface area contributed by atoms with E-state index in [9.17, 15) is 9.18 Å². The van der Waals surface area contributed by atoms with E-state index in [1.165, 1.54) is 0 Å². The summed E-state index contributed by atoms with van der Waals surface area (Å²) in [6.45, 7) is -0.255. The molecule has 2 N–H and O–H groups in total. The minimum absolute atomic E-state index is 0.182. The highest BCUT2D eigenvalue weighted by molar-refractivity contribution is 5.66. The minimum Gasteiger partial charge on any atom is -0.465 e. The Morgan fingerprint density at radius 1 is 1.73 bits per heavy atom. The highest BCUT2D eigenvalue weighted by Crippen LogP contribution is 2.20. The molecular weight excluding hydrogens is 153 g/mol. The van der Waals surface area contributed by atoms with E-state index in [0.717, 1.165) is 4.90 Å². The summed E-state index contributed by atoms with van der Waals surface area (Å²) in [4.78, 5) is 11.3. The molecule has 11 heavy (non-hydrogen) atoms. The molecule has 0 saturated carbocycles. The molecule has 0 aromatic rings. The topological polar surface area (TPSA) is 60.8 Å². The molecule has 1 amide bonds. The molecule has 5 heteroatoms. The van der Waals surface area contributed by atoms with Gasteiger partial charge in [0.25, 0.3) is 0 Å². The summed E-state index contributed by atoms with van der Waals surface area (Å²) in [6.07, 6.45) is -2.18. The number of likely N-dealkylation sites (tertiary alicyclic amines) is 1. The molecule has 2 atom stereocenters. The third-order valence-electron chi connectivity index (χ3n) is 1.90. The Hall–Kier alpha value is -0.840. The van der Waals surface area contributed by atoms with E-state index in [0.29, 0.717) is 0 Å². The molecule has 0 aromatic carbocycles. The molecule has 1 aliphatic rings. The van der Waals surface area contributed by atoms with Gasteiger partial charge < -0.3 is 15.1 Å². The summed E-state index contributed by atoms with van der Waals surface area (Å²) in [5, 5.41) is 17.1. The van der Waals surface area contributed by atoms with Crippen LogP contribution in [0.1, 0.15) is 6.42 Å². The Bertz CT molecular complexity index is 164. The standard InChI is InChI=1S/C6H10FNO3/c7-4-1-2-8(6(10)11)5(4)3-9/h4-5,9H,1-3H2,(H,10,11). The maximum Gasteiger partial charge on any atom is 0.407 e. The molecule has 1 heterocycles. The number of aliphatic hydroxyl groups is 1. The lowest BCUT2D eigenvalue weighted by Gasteiger charge is -2.19. The van der Waals surface area contributed by atoms with Crippen LogP contribution in [0.2, 0.25) is 0 Å². The van der Waals surface area contributed by atoms with Crippen molar-refractivity contribution < 1.29 is 19.4 Å². The first-order valence-electron chi connectivity index (χ1n) is 3.41. The molecule has 64 valence electrons. The summed E-state index contributed by atoms with van der Waals surface area (Å²) in [5.74, 6) is 0. The summed E-state index contributed by atoms with van der Waals surface area (Å²) in [5.41, 5.74) is 0. The van der Waals surface area contributed by atoms with Gasteiger partial charge in [0.2, 0.25) is 0 Å². The lowest BCUT2D eigenvalue weighted by Crippen LogP contribution is -2.40. The number of carboxylic acid groups (broad SMARTS) is 1. The Morgan fingerprint density at radius 3 is 2.73 bits per heavy atom. The minimum atomic E-state index is -1.21. The van der Waals surface area contributed by atoms with E-state index in [1.807, 2.05) is 0 Å². The van der Waals surface area contributed by atoms with E-state index in [-0.39, 0.29) is 13.0 Å². The van der Waals surface area contributed by atoms with Crippen molar-refractivity contribution in [3.63, 3.8) is 0 Å². The molecule has 1 saturated heterocycles. The van der Waals surface area contributed by atoms with Crippen molar-refractivity contribution in [1.29, 1.82) is 0 Å². The molecule has 0 bridgehead atoms. The van der Waals surface area contributed by atoms with Gasteiger partial charge in [-0.2, -0.15) is 0 Å². The van der Waals surface area contributed by atoms with Crippen LogP contribution in [0.15, 0.2) is 0 Å². The van der Waals surface area contributed by atoms with E-state index in [1.54, 1.807) is 0 Å². The van der Waals surface area contributed by atoms with Crippen molar-refractivity contribution in [3.8, 4) is 0 Å². The number of alkyl halides is 1. The van der Waals surface area contributed by atoms with Crippen LogP contribution in [0.3, 0.4) is 0 Å². The maximum atomic E-state index is 12.7. The quantitative estimate of drug-likeness (QED) is 0.575. The van der Waals surface area contributed by atoms with Gasteiger partial charge in [0.15, 0.2) is 0 Å². The van der Waals surface area contributed by atoms with Crippen molar-refractivity contribution in [1.82, 2.24) is 4.90 Å². The van der Waals surface area contributed by atoms with E-state index in [2.05, 4.69) is 0 Å². The normalized spacial score (nSPS) is 30.9. The SMILES string of the molecule is O=C(O)N1CCC(F)C1CO. The second-order valence-corrected chi connectivity index (χ2v) is 2.53. The van der Waals surface area contributed by atoms with Crippen LogP contribution < -0.4 is 0 Å². The Kier molecular flexibility index (Phi) is 2.28. The number of amides is 1. The van der Waals surface area contributed by atoms with Gasteiger partial charge in [-0.3, -0.25) is 0 Å². The van der Waals surface area contributed by atoms with Crippen molar-refractivity contribution in [2.24, 2.45) is 0 Å². The average Bonchev–Trinajstić information content (AvgIpc) is 2.30. The molecular formula is C6H10FNO3. The molecule has 4 nitrogen and oxygen atoms in total. The number of halogens is 1. The van der Waals surface area contributed by atoms with E-state index in [4.69, 9.17) is 10.2 Å². The highest BCUT2D eigenvalue weighted by atomic mass is 19.1. The summed E-state index contributed by atoms with van der Waals surface area (Å²) >= 11 is 0. The van der Waals surface area contributed by atoms with Crippen LogP contribution >= 0.6 is 0 Å². The largest absolute Gasteiger partial charge is 0.465 e. The Morgan fingerprint density at radius 2 is 2.36 bits per heavy atom. The number of aliphatic hydroxyl groups excluding tert-OH is 1. The van der Waals surface area contributed by atoms with Gasteiger partial charge in [-0.15, -0.1) is 0 Å². The molecule has 2 unspecified atom stereocenters. The van der Waals surface area contributed by atoms with Crippen molar-refractivity contribution >= 4 is 6.09 Å². The fraction of sp³-hybridized carbons (Fsp3) is 0.833. The van der Waals surface area contributed by atoms with E-state index >= 15 is 0 Å². The van der Waals surface area contributed by atoms with Gasteiger partial charge in [-0.25, -0.2) is 9.18 Å². The number of hydrogen-bond donors (Lipinski definition) is 2. The molecule has 1 aliphatic heterocycles. The summed E-state index contributed by atoms with van der Waals surface area (Å²) in [6, 6.07) is -0.854. The monoisotopic (exact) mass is 163 g/mol. The fourth-order valence-electron chi connectivity index (χ4n) is 1.27. The molecule has 0 aliphatic carbocycles. The first kappa shape index (κ1) is 8.26. The smallest absolute Gasteiger partial charge is 0.407 e. The number of rotatable bonds is 1. The van der Waals surface area contributed by atoms with Gasteiger partial charge in [0, 0.05) is 6.54 Å². The van der Waals surface area contributed by atoms with Gasteiger partial charge in [0.05, 0.1) is 12.6 Å². The van der Waals surface area contributed by atoms with Gasteiger partial charge in [-0.05, 0) is 6.42 Å². The van der Waals surface area contributed by atoms with Crippen LogP contribution in [-0.2, 0) is 0 Å². The Balaban J connectivity index is 2.61. The van der Waals surface area contributed by atoms with Crippen LogP contribution in [0.25, 0.3) is 0 Å². The summed E-state index contributed by atoms with van der Waals surface area (Å²) in [7, 11) is 0. The Labute approximate surface area is 63.2 Å². The third kappa shape index (κ3) is 1.42. The zero-order valence-electron chi connectivity index (χ0n) is 5.90. The van der Waals surface area contributed by atoms with Gasteiger partial charge in [-0.1, -0.05) is 0 Å². The highest BCUT2D eigenvalue weighted by Gasteiger charge is 2.36. The average molecular weight is 163 g/mol. The summed E-state index contributed by atoms with van der Waals surface area (Å²) < 4.78 is 12.7. The number of carbonyl (C=O) groups is 1. The zero-order chi connectivity index (χ0) is 8.43.